The number of nitrogens with zero attached hydrogens (tertiary/aromatic N) is 3. The fraction of sp³-hybridized carbons (Fsp3) is 0.188. The molecule has 1 amide bonds. The van der Waals surface area contributed by atoms with E-state index in [1.165, 1.54) is 7.11 Å². The summed E-state index contributed by atoms with van der Waals surface area (Å²) in [6.07, 6.45) is 1.05. The molecule has 2 aromatic rings. The van der Waals surface area contributed by atoms with Gasteiger partial charge in [-0.3, -0.25) is 10.1 Å². The fourth-order valence-corrected chi connectivity index (χ4v) is 2.26. The number of nitrogens with one attached hydrogen (secondary N) is 2. The molecule has 1 saturated heterocycles. The number of fused-ring (bicyclic) bond motifs is 1. The second-order valence-electron chi connectivity index (χ2n) is 5.25. The lowest BCUT2D eigenvalue weighted by atomic mass is 10.1. The molecular weight excluding hydrogens is 310 g/mol. The van der Waals surface area contributed by atoms with Gasteiger partial charge >= 0.3 is 5.97 Å². The molecule has 1 aromatic carbocycles. The summed E-state index contributed by atoms with van der Waals surface area (Å²) in [7, 11) is 1.23. The van der Waals surface area contributed by atoms with Crippen molar-refractivity contribution >= 4 is 34.7 Å². The molecule has 122 valence electrons. The quantitative estimate of drug-likeness (QED) is 0.630. The molecule has 24 heavy (non-hydrogen) atoms. The number of hydrogen-bond acceptors (Lipinski definition) is 6. The minimum atomic E-state index is -0.637. The van der Waals surface area contributed by atoms with Crippen LogP contribution < -0.4 is 10.6 Å². The highest BCUT2D eigenvalue weighted by atomic mass is 16.5. The van der Waals surface area contributed by atoms with Crippen LogP contribution in [0, 0.1) is 13.8 Å². The van der Waals surface area contributed by atoms with Crippen LogP contribution in [0.2, 0.25) is 0 Å². The second-order valence-corrected chi connectivity index (χ2v) is 5.25. The molecule has 0 saturated carbocycles. The smallest absolute Gasteiger partial charge is 0.332 e. The van der Waals surface area contributed by atoms with Crippen LogP contribution in [0.4, 0.5) is 5.95 Å². The van der Waals surface area contributed by atoms with Gasteiger partial charge in [-0.15, -0.1) is 0 Å². The van der Waals surface area contributed by atoms with E-state index in [4.69, 9.17) is 0 Å². The van der Waals surface area contributed by atoms with Crippen LogP contribution in [0.25, 0.3) is 10.9 Å². The van der Waals surface area contributed by atoms with E-state index in [1.807, 2.05) is 32.0 Å². The van der Waals surface area contributed by atoms with Crippen molar-refractivity contribution in [3.05, 3.63) is 41.2 Å². The lowest BCUT2D eigenvalue weighted by Crippen LogP contribution is -2.24. The number of ether oxygens (including phenoxy) is 1. The van der Waals surface area contributed by atoms with Gasteiger partial charge < -0.3 is 10.1 Å². The van der Waals surface area contributed by atoms with Gasteiger partial charge in [0.2, 0.25) is 5.96 Å². The van der Waals surface area contributed by atoms with E-state index in [9.17, 15) is 9.59 Å². The SMILES string of the molecule is COC(=O)/C=C1\NC(=Nc2nc(C)c3ccc(C)cc3n2)NC1=O. The standard InChI is InChI=1S/C16H15N5O3/c1-8-4-5-10-9(2)17-15(18-11(10)6-8)21-16-19-12(14(23)20-16)7-13(22)24-3/h4-7H,1-3H3,(H2,17,18,19,20,21,23)/b12-7-. The van der Waals surface area contributed by atoms with Crippen LogP contribution in [-0.2, 0) is 14.3 Å². The zero-order valence-electron chi connectivity index (χ0n) is 13.4. The number of aryl methyl sites for hydroxylation is 2. The van der Waals surface area contributed by atoms with Crippen LogP contribution >= 0.6 is 0 Å². The van der Waals surface area contributed by atoms with Gasteiger partial charge in [-0.05, 0) is 25.5 Å². The maximum atomic E-state index is 11.8. The molecule has 8 heteroatoms. The van der Waals surface area contributed by atoms with Gasteiger partial charge in [0.1, 0.15) is 5.70 Å². The van der Waals surface area contributed by atoms with Gasteiger partial charge in [0.25, 0.3) is 11.9 Å². The molecule has 0 atom stereocenters. The predicted octanol–water partition coefficient (Wildman–Crippen LogP) is 1.01. The highest BCUT2D eigenvalue weighted by Gasteiger charge is 2.23. The topological polar surface area (TPSA) is 106 Å². The van der Waals surface area contributed by atoms with Crippen molar-refractivity contribution in [2.45, 2.75) is 13.8 Å². The molecule has 0 radical (unpaired) electrons. The molecule has 0 bridgehead atoms. The normalized spacial score (nSPS) is 17.2. The number of rotatable bonds is 2. The van der Waals surface area contributed by atoms with E-state index in [-0.39, 0.29) is 17.6 Å². The number of esters is 1. The Hall–Kier alpha value is -3.29. The molecule has 2 N–H and O–H groups in total. The first-order valence-electron chi connectivity index (χ1n) is 7.18. The Bertz CT molecular complexity index is 917. The molecule has 8 nitrogen and oxygen atoms in total. The number of methoxy groups -OCH3 is 1. The molecule has 1 aliphatic rings. The molecule has 1 aromatic heterocycles. The number of aliphatic imine (C=N–C) groups is 1. The van der Waals surface area contributed by atoms with Crippen LogP contribution in [0.1, 0.15) is 11.3 Å². The summed E-state index contributed by atoms with van der Waals surface area (Å²) in [5, 5.41) is 6.15. The summed E-state index contributed by atoms with van der Waals surface area (Å²) in [5.74, 6) is -0.746. The van der Waals surface area contributed by atoms with Gasteiger partial charge in [-0.1, -0.05) is 12.1 Å². The molecule has 0 aliphatic carbocycles. The zero-order chi connectivity index (χ0) is 17.3. The maximum absolute atomic E-state index is 11.8. The lowest BCUT2D eigenvalue weighted by molar-refractivity contribution is -0.135. The average molecular weight is 325 g/mol. The largest absolute Gasteiger partial charge is 0.466 e. The van der Waals surface area contributed by atoms with Crippen molar-refractivity contribution in [3.8, 4) is 0 Å². The third-order valence-electron chi connectivity index (χ3n) is 3.44. The average Bonchev–Trinajstić information content (AvgIpc) is 2.86. The van der Waals surface area contributed by atoms with Crippen LogP contribution in [0.5, 0.6) is 0 Å². The third-order valence-corrected chi connectivity index (χ3v) is 3.44. The number of carbonyl (C=O) groups is 2. The van der Waals surface area contributed by atoms with Gasteiger partial charge in [0.15, 0.2) is 0 Å². The Morgan fingerprint density at radius 2 is 2.04 bits per heavy atom. The van der Waals surface area contributed by atoms with E-state index in [2.05, 4.69) is 30.3 Å². The second kappa shape index (κ2) is 6.07. The van der Waals surface area contributed by atoms with Gasteiger partial charge in [-0.2, -0.15) is 4.99 Å². The number of carbonyl (C=O) groups excluding carboxylic acids is 2. The van der Waals surface area contributed by atoms with Crippen LogP contribution in [-0.4, -0.2) is 34.9 Å². The van der Waals surface area contributed by atoms with Gasteiger partial charge in [-0.25, -0.2) is 14.8 Å². The highest BCUT2D eigenvalue weighted by molar-refractivity contribution is 6.15. The summed E-state index contributed by atoms with van der Waals surface area (Å²) in [5.41, 5.74) is 2.69. The van der Waals surface area contributed by atoms with Crippen molar-refractivity contribution in [1.82, 2.24) is 20.6 Å². The number of guanidine groups is 1. The maximum Gasteiger partial charge on any atom is 0.332 e. The monoisotopic (exact) mass is 325 g/mol. The Morgan fingerprint density at radius 1 is 1.25 bits per heavy atom. The summed E-state index contributed by atoms with van der Waals surface area (Å²) >= 11 is 0. The third kappa shape index (κ3) is 3.07. The van der Waals surface area contributed by atoms with Crippen molar-refractivity contribution in [2.75, 3.05) is 7.11 Å². The van der Waals surface area contributed by atoms with E-state index in [0.717, 1.165) is 28.2 Å². The molecule has 0 unspecified atom stereocenters. The summed E-state index contributed by atoms with van der Waals surface area (Å²) in [4.78, 5) is 35.9. The Morgan fingerprint density at radius 3 is 2.79 bits per heavy atom. The zero-order valence-corrected chi connectivity index (χ0v) is 13.4. The first kappa shape index (κ1) is 15.6. The number of aromatic nitrogens is 2. The summed E-state index contributed by atoms with van der Waals surface area (Å²) < 4.78 is 4.49. The highest BCUT2D eigenvalue weighted by Crippen LogP contribution is 2.19. The summed E-state index contributed by atoms with van der Waals surface area (Å²) in [6, 6.07) is 5.90. The van der Waals surface area contributed by atoms with Crippen molar-refractivity contribution < 1.29 is 14.3 Å². The number of hydrogen-bond donors (Lipinski definition) is 2. The first-order chi connectivity index (χ1) is 11.5. The van der Waals surface area contributed by atoms with E-state index in [0.29, 0.717) is 0 Å². The molecule has 0 spiro atoms. The predicted molar refractivity (Wildman–Crippen MR) is 87.5 cm³/mol. The van der Waals surface area contributed by atoms with Gasteiger partial charge in [0, 0.05) is 5.39 Å². The summed E-state index contributed by atoms with van der Waals surface area (Å²) in [6.45, 7) is 3.84. The van der Waals surface area contributed by atoms with Crippen LogP contribution in [0.15, 0.2) is 35.0 Å². The number of benzene rings is 1. The number of amides is 1. The molecular formula is C16H15N5O3. The van der Waals surface area contributed by atoms with Crippen molar-refractivity contribution in [1.29, 1.82) is 0 Å². The Kier molecular flexibility index (Phi) is 3.95. The van der Waals surface area contributed by atoms with Crippen molar-refractivity contribution in [2.24, 2.45) is 4.99 Å². The Balaban J connectivity index is 1.95. The van der Waals surface area contributed by atoms with E-state index < -0.39 is 11.9 Å². The molecule has 3 rings (SSSR count). The first-order valence-corrected chi connectivity index (χ1v) is 7.18. The lowest BCUT2D eigenvalue weighted by Gasteiger charge is -2.04. The van der Waals surface area contributed by atoms with E-state index >= 15 is 0 Å². The van der Waals surface area contributed by atoms with E-state index in [1.54, 1.807) is 0 Å². The minimum absolute atomic E-state index is 0.0500. The molecule has 1 fully saturated rings. The van der Waals surface area contributed by atoms with Crippen molar-refractivity contribution in [3.63, 3.8) is 0 Å². The minimum Gasteiger partial charge on any atom is -0.466 e. The van der Waals surface area contributed by atoms with Crippen LogP contribution in [0.3, 0.4) is 0 Å². The molecule has 1 aliphatic heterocycles. The Labute approximate surface area is 137 Å². The van der Waals surface area contributed by atoms with Gasteiger partial charge in [0.05, 0.1) is 24.4 Å². The fourth-order valence-electron chi connectivity index (χ4n) is 2.26. The molecule has 2 heterocycles.